The molecule has 72 valence electrons. The maximum Gasteiger partial charge on any atom is 0.119 e. The minimum absolute atomic E-state index is 0.610. The van der Waals surface area contributed by atoms with Crippen LogP contribution in [0.1, 0.15) is 11.1 Å². The van der Waals surface area contributed by atoms with Crippen molar-refractivity contribution in [1.29, 1.82) is 0 Å². The summed E-state index contributed by atoms with van der Waals surface area (Å²) < 4.78 is 10.3. The number of rotatable bonds is 4. The zero-order valence-corrected chi connectivity index (χ0v) is 8.46. The summed E-state index contributed by atoms with van der Waals surface area (Å²) in [5, 5.41) is 0. The summed E-state index contributed by atoms with van der Waals surface area (Å²) in [6.07, 6.45) is 0. The predicted molar refractivity (Wildman–Crippen MR) is 53.3 cm³/mol. The summed E-state index contributed by atoms with van der Waals surface area (Å²) in [6, 6.07) is 6.10. The summed E-state index contributed by atoms with van der Waals surface area (Å²) in [6.45, 7) is 5.42. The summed E-state index contributed by atoms with van der Waals surface area (Å²) in [4.78, 5) is 0. The van der Waals surface area contributed by atoms with Crippen LogP contribution >= 0.6 is 0 Å². The molecule has 13 heavy (non-hydrogen) atoms. The zero-order valence-electron chi connectivity index (χ0n) is 8.46. The van der Waals surface area contributed by atoms with Gasteiger partial charge in [0.1, 0.15) is 12.4 Å². The first kappa shape index (κ1) is 10.1. The first-order valence-corrected chi connectivity index (χ1v) is 4.43. The van der Waals surface area contributed by atoms with E-state index in [1.807, 2.05) is 12.1 Å². The van der Waals surface area contributed by atoms with E-state index in [1.165, 1.54) is 11.1 Å². The smallest absolute Gasteiger partial charge is 0.119 e. The second kappa shape index (κ2) is 4.87. The van der Waals surface area contributed by atoms with Crippen LogP contribution in [-0.2, 0) is 4.74 Å². The molecule has 2 heteroatoms. The van der Waals surface area contributed by atoms with E-state index in [0.717, 1.165) is 5.75 Å². The second-order valence-electron chi connectivity index (χ2n) is 3.09. The third kappa shape index (κ3) is 3.07. The van der Waals surface area contributed by atoms with Crippen molar-refractivity contribution in [2.45, 2.75) is 13.8 Å². The van der Waals surface area contributed by atoms with Crippen molar-refractivity contribution in [3.05, 3.63) is 29.3 Å². The Bertz CT molecular complexity index is 269. The van der Waals surface area contributed by atoms with Gasteiger partial charge in [-0.2, -0.15) is 0 Å². The van der Waals surface area contributed by atoms with Gasteiger partial charge in [0, 0.05) is 7.11 Å². The van der Waals surface area contributed by atoms with Gasteiger partial charge in [0.2, 0.25) is 0 Å². The number of hydrogen-bond acceptors (Lipinski definition) is 2. The van der Waals surface area contributed by atoms with Crippen LogP contribution in [0.25, 0.3) is 0 Å². The lowest BCUT2D eigenvalue weighted by molar-refractivity contribution is 0.146. The van der Waals surface area contributed by atoms with Crippen LogP contribution in [0.5, 0.6) is 5.75 Å². The SMILES string of the molecule is COCCOc1ccc(C)c(C)c1. The van der Waals surface area contributed by atoms with Gasteiger partial charge in [0.15, 0.2) is 0 Å². The molecule has 0 amide bonds. The van der Waals surface area contributed by atoms with Crippen LogP contribution in [0, 0.1) is 13.8 Å². The van der Waals surface area contributed by atoms with E-state index in [0.29, 0.717) is 13.2 Å². The molecule has 0 unspecified atom stereocenters. The minimum atomic E-state index is 0.610. The molecule has 0 spiro atoms. The van der Waals surface area contributed by atoms with Crippen molar-refractivity contribution in [1.82, 2.24) is 0 Å². The monoisotopic (exact) mass is 180 g/mol. The maximum absolute atomic E-state index is 5.46. The van der Waals surface area contributed by atoms with Gasteiger partial charge in [-0.05, 0) is 37.1 Å². The van der Waals surface area contributed by atoms with E-state index in [2.05, 4.69) is 19.9 Å². The Kier molecular flexibility index (Phi) is 3.77. The highest BCUT2D eigenvalue weighted by Gasteiger charge is 1.96. The predicted octanol–water partition coefficient (Wildman–Crippen LogP) is 2.33. The van der Waals surface area contributed by atoms with Crippen molar-refractivity contribution in [3.63, 3.8) is 0 Å². The van der Waals surface area contributed by atoms with Gasteiger partial charge in [-0.1, -0.05) is 6.07 Å². The molecular formula is C11H16O2. The first-order chi connectivity index (χ1) is 6.24. The van der Waals surface area contributed by atoms with Gasteiger partial charge >= 0.3 is 0 Å². The minimum Gasteiger partial charge on any atom is -0.491 e. The molecule has 2 nitrogen and oxygen atoms in total. The van der Waals surface area contributed by atoms with Crippen molar-refractivity contribution in [3.8, 4) is 5.75 Å². The van der Waals surface area contributed by atoms with Gasteiger partial charge in [-0.25, -0.2) is 0 Å². The highest BCUT2D eigenvalue weighted by atomic mass is 16.5. The summed E-state index contributed by atoms with van der Waals surface area (Å²) in [5.41, 5.74) is 2.55. The van der Waals surface area contributed by atoms with Gasteiger partial charge < -0.3 is 9.47 Å². The molecule has 0 radical (unpaired) electrons. The fourth-order valence-electron chi connectivity index (χ4n) is 1.05. The number of ether oxygens (including phenoxy) is 2. The van der Waals surface area contributed by atoms with E-state index in [1.54, 1.807) is 7.11 Å². The average Bonchev–Trinajstić information content (AvgIpc) is 2.12. The van der Waals surface area contributed by atoms with E-state index in [4.69, 9.17) is 9.47 Å². The van der Waals surface area contributed by atoms with Crippen molar-refractivity contribution >= 4 is 0 Å². The normalized spacial score (nSPS) is 10.1. The second-order valence-corrected chi connectivity index (χ2v) is 3.09. The molecule has 0 atom stereocenters. The van der Waals surface area contributed by atoms with Crippen molar-refractivity contribution in [2.75, 3.05) is 20.3 Å². The topological polar surface area (TPSA) is 18.5 Å². The molecule has 0 heterocycles. The van der Waals surface area contributed by atoms with Gasteiger partial charge in [-0.15, -0.1) is 0 Å². The first-order valence-electron chi connectivity index (χ1n) is 4.43. The molecule has 0 bridgehead atoms. The third-order valence-corrected chi connectivity index (χ3v) is 2.03. The lowest BCUT2D eigenvalue weighted by Gasteiger charge is -2.07. The Balaban J connectivity index is 2.53. The van der Waals surface area contributed by atoms with E-state index in [-0.39, 0.29) is 0 Å². The lowest BCUT2D eigenvalue weighted by atomic mass is 10.1. The fraction of sp³-hybridized carbons (Fsp3) is 0.455. The standard InChI is InChI=1S/C11H16O2/c1-9-4-5-11(8-10(9)2)13-7-6-12-3/h4-5,8H,6-7H2,1-3H3. The summed E-state index contributed by atoms with van der Waals surface area (Å²) >= 11 is 0. The molecule has 1 aromatic carbocycles. The van der Waals surface area contributed by atoms with Crippen molar-refractivity contribution in [2.24, 2.45) is 0 Å². The third-order valence-electron chi connectivity index (χ3n) is 2.03. The van der Waals surface area contributed by atoms with Gasteiger partial charge in [0.05, 0.1) is 6.61 Å². The zero-order chi connectivity index (χ0) is 9.68. The fourth-order valence-corrected chi connectivity index (χ4v) is 1.05. The number of benzene rings is 1. The van der Waals surface area contributed by atoms with Crippen LogP contribution in [0.3, 0.4) is 0 Å². The highest BCUT2D eigenvalue weighted by Crippen LogP contribution is 2.15. The Morgan fingerprint density at radius 2 is 1.85 bits per heavy atom. The molecule has 0 aliphatic rings. The quantitative estimate of drug-likeness (QED) is 0.662. The molecule has 0 aromatic heterocycles. The number of aryl methyl sites for hydroxylation is 2. The van der Waals surface area contributed by atoms with Crippen LogP contribution in [0.15, 0.2) is 18.2 Å². The highest BCUT2D eigenvalue weighted by molar-refractivity contribution is 5.33. The molecule has 0 aliphatic heterocycles. The van der Waals surface area contributed by atoms with E-state index < -0.39 is 0 Å². The molecule has 0 N–H and O–H groups in total. The Morgan fingerprint density at radius 3 is 2.46 bits per heavy atom. The molecule has 0 saturated carbocycles. The van der Waals surface area contributed by atoms with Crippen LogP contribution < -0.4 is 4.74 Å². The molecule has 1 aromatic rings. The molecular weight excluding hydrogens is 164 g/mol. The Morgan fingerprint density at radius 1 is 1.08 bits per heavy atom. The molecule has 1 rings (SSSR count). The Labute approximate surface area is 79.5 Å². The number of methoxy groups -OCH3 is 1. The lowest BCUT2D eigenvalue weighted by Crippen LogP contribution is -2.04. The van der Waals surface area contributed by atoms with Crippen LogP contribution in [0.2, 0.25) is 0 Å². The maximum atomic E-state index is 5.46. The van der Waals surface area contributed by atoms with E-state index in [9.17, 15) is 0 Å². The van der Waals surface area contributed by atoms with E-state index >= 15 is 0 Å². The average molecular weight is 180 g/mol. The van der Waals surface area contributed by atoms with Gasteiger partial charge in [-0.3, -0.25) is 0 Å². The van der Waals surface area contributed by atoms with Gasteiger partial charge in [0.25, 0.3) is 0 Å². The Hall–Kier alpha value is -1.02. The molecule has 0 saturated heterocycles. The number of hydrogen-bond donors (Lipinski definition) is 0. The largest absolute Gasteiger partial charge is 0.491 e. The summed E-state index contributed by atoms with van der Waals surface area (Å²) in [7, 11) is 1.67. The van der Waals surface area contributed by atoms with Crippen LogP contribution in [0.4, 0.5) is 0 Å². The molecule has 0 fully saturated rings. The summed E-state index contributed by atoms with van der Waals surface area (Å²) in [5.74, 6) is 0.917. The van der Waals surface area contributed by atoms with Crippen molar-refractivity contribution < 1.29 is 9.47 Å². The molecule has 0 aliphatic carbocycles. The van der Waals surface area contributed by atoms with Crippen LogP contribution in [-0.4, -0.2) is 20.3 Å².